The average Bonchev–Trinajstić information content (AvgIpc) is 3.60. The van der Waals surface area contributed by atoms with E-state index in [2.05, 4.69) is 56.6 Å². The topological polar surface area (TPSA) is 129 Å². The van der Waals surface area contributed by atoms with Crippen molar-refractivity contribution in [3.05, 3.63) is 47.9 Å². The molecular formula is C34H51BN4O6S. The smallest absolute Gasteiger partial charge is 0.404 e. The summed E-state index contributed by atoms with van der Waals surface area (Å²) in [7, 11) is -2.96. The number of amides is 1. The van der Waals surface area contributed by atoms with Crippen LogP contribution in [-0.2, 0) is 37.6 Å². The number of hydrogen-bond acceptors (Lipinski definition) is 7. The van der Waals surface area contributed by atoms with Gasteiger partial charge in [0.2, 0.25) is 5.91 Å². The Kier molecular flexibility index (Phi) is 10.2. The summed E-state index contributed by atoms with van der Waals surface area (Å²) in [5, 5.41) is 2.99. The number of carbonyl (C=O) groups is 2. The molecule has 6 atom stereocenters. The molecule has 1 aliphatic heterocycles. The average molecular weight is 655 g/mol. The van der Waals surface area contributed by atoms with Gasteiger partial charge in [0.15, 0.2) is 10.8 Å². The molecule has 10 nitrogen and oxygen atoms in total. The van der Waals surface area contributed by atoms with Crippen LogP contribution in [0.4, 0.5) is 0 Å². The van der Waals surface area contributed by atoms with E-state index in [9.17, 15) is 18.0 Å². The second kappa shape index (κ2) is 13.5. The van der Waals surface area contributed by atoms with E-state index in [4.69, 9.17) is 9.31 Å². The number of nitrogens with one attached hydrogen (secondary N) is 2. The van der Waals surface area contributed by atoms with Crippen molar-refractivity contribution in [2.24, 2.45) is 36.1 Å². The van der Waals surface area contributed by atoms with Gasteiger partial charge < -0.3 is 19.2 Å². The second-order valence-electron chi connectivity index (χ2n) is 14.9. The molecule has 1 amide bonds. The highest BCUT2D eigenvalue weighted by Crippen LogP contribution is 2.65. The molecule has 252 valence electrons. The van der Waals surface area contributed by atoms with Crippen molar-refractivity contribution in [3.8, 4) is 0 Å². The van der Waals surface area contributed by atoms with Crippen LogP contribution in [0.25, 0.3) is 0 Å². The number of Topliss-reactive ketones (excluding diaryl/α,β-unsaturated/α-hetero) is 1. The number of rotatable bonds is 15. The molecule has 4 aliphatic rings. The van der Waals surface area contributed by atoms with E-state index in [0.29, 0.717) is 23.8 Å². The third-order valence-electron chi connectivity index (χ3n) is 10.7. The van der Waals surface area contributed by atoms with Crippen LogP contribution < -0.4 is 10.0 Å². The Balaban J connectivity index is 1.33. The lowest BCUT2D eigenvalue weighted by Gasteiger charge is -2.64. The summed E-state index contributed by atoms with van der Waals surface area (Å²) in [4.78, 5) is 31.5. The first kappa shape index (κ1) is 34.8. The minimum absolute atomic E-state index is 0.0382. The van der Waals surface area contributed by atoms with Crippen LogP contribution in [0.1, 0.15) is 96.0 Å². The van der Waals surface area contributed by atoms with E-state index in [1.165, 1.54) is 17.1 Å². The summed E-state index contributed by atoms with van der Waals surface area (Å²) in [5.41, 5.74) is 1.40. The van der Waals surface area contributed by atoms with E-state index in [-0.39, 0.29) is 41.2 Å². The maximum Gasteiger partial charge on any atom is 0.481 e. The largest absolute Gasteiger partial charge is 0.481 e. The number of aryl methyl sites for hydroxylation is 2. The van der Waals surface area contributed by atoms with Crippen molar-refractivity contribution in [1.29, 1.82) is 0 Å². The van der Waals surface area contributed by atoms with Crippen molar-refractivity contribution in [2.75, 3.05) is 6.54 Å². The first-order valence-electron chi connectivity index (χ1n) is 16.9. The lowest BCUT2D eigenvalue weighted by Crippen LogP contribution is -2.65. The Labute approximate surface area is 275 Å². The highest BCUT2D eigenvalue weighted by atomic mass is 32.2. The quantitative estimate of drug-likeness (QED) is 0.210. The highest BCUT2D eigenvalue weighted by molar-refractivity contribution is 7.89. The van der Waals surface area contributed by atoms with Gasteiger partial charge in [0, 0.05) is 31.8 Å². The third-order valence-corrected chi connectivity index (χ3v) is 12.0. The molecule has 0 unspecified atom stereocenters. The maximum atomic E-state index is 14.0. The van der Waals surface area contributed by atoms with Gasteiger partial charge in [0.05, 0.1) is 29.9 Å². The maximum absolute atomic E-state index is 14.0. The summed E-state index contributed by atoms with van der Waals surface area (Å²) < 4.78 is 43.4. The van der Waals surface area contributed by atoms with Gasteiger partial charge in [-0.05, 0) is 67.8 Å². The van der Waals surface area contributed by atoms with Crippen molar-refractivity contribution in [3.63, 3.8) is 0 Å². The number of hydrogen-bond donors (Lipinski definition) is 2. The van der Waals surface area contributed by atoms with Gasteiger partial charge in [-0.2, -0.15) is 0 Å². The molecule has 6 rings (SSSR count). The number of ketones is 1. The Morgan fingerprint density at radius 1 is 1.15 bits per heavy atom. The molecule has 0 spiro atoms. The zero-order valence-corrected chi connectivity index (χ0v) is 29.2. The Hall–Kier alpha value is -2.54. The fourth-order valence-corrected chi connectivity index (χ4v) is 8.83. The standard InChI is InChI=1S/C34H51BN4O6S/c1-8-9-10-23-11-13-24(14-12-23)27(40)16-25(19-37-46(42,43)31-20-39(7)21-36-31)32(41)38-30(15-22(2)3)35-44-29-18-26-17-28(33(26,4)5)34(29,6)45-35/h11-14,20-22,25-26,28-30,37H,8-10,15-19H2,1-7H3,(H,38,41)/t25-,26+,28+,29+,30-,34-/m0/s1. The summed E-state index contributed by atoms with van der Waals surface area (Å²) in [6, 6.07) is 7.47. The summed E-state index contributed by atoms with van der Waals surface area (Å²) in [5.74, 6) is -0.868. The zero-order chi connectivity index (χ0) is 33.4. The number of carbonyl (C=O) groups excluding carboxylic acids is 2. The van der Waals surface area contributed by atoms with Crippen molar-refractivity contribution < 1.29 is 27.3 Å². The normalized spacial score (nSPS) is 26.3. The molecule has 2 heterocycles. The molecule has 3 aliphatic carbocycles. The number of unbranched alkanes of at least 4 members (excludes halogenated alkanes) is 1. The molecule has 46 heavy (non-hydrogen) atoms. The summed E-state index contributed by atoms with van der Waals surface area (Å²) >= 11 is 0. The van der Waals surface area contributed by atoms with Crippen LogP contribution >= 0.6 is 0 Å². The van der Waals surface area contributed by atoms with Gasteiger partial charge in [0.1, 0.15) is 0 Å². The van der Waals surface area contributed by atoms with Crippen LogP contribution in [0.3, 0.4) is 0 Å². The molecule has 3 saturated carbocycles. The van der Waals surface area contributed by atoms with E-state index in [0.717, 1.165) is 37.7 Å². The van der Waals surface area contributed by atoms with Crippen molar-refractivity contribution in [1.82, 2.24) is 19.6 Å². The molecule has 2 bridgehead atoms. The first-order valence-corrected chi connectivity index (χ1v) is 18.4. The lowest BCUT2D eigenvalue weighted by atomic mass is 9.43. The molecular weight excluding hydrogens is 603 g/mol. The molecule has 1 saturated heterocycles. The first-order chi connectivity index (χ1) is 21.6. The molecule has 1 aromatic heterocycles. The number of aromatic nitrogens is 2. The molecule has 4 fully saturated rings. The predicted octanol–water partition coefficient (Wildman–Crippen LogP) is 4.73. The Morgan fingerprint density at radius 2 is 1.87 bits per heavy atom. The predicted molar refractivity (Wildman–Crippen MR) is 177 cm³/mol. The molecule has 0 radical (unpaired) electrons. The van der Waals surface area contributed by atoms with Crippen LogP contribution in [0.15, 0.2) is 41.8 Å². The van der Waals surface area contributed by atoms with Crippen LogP contribution in [0, 0.1) is 29.1 Å². The fraction of sp³-hybridized carbons (Fsp3) is 0.676. The molecule has 12 heteroatoms. The van der Waals surface area contributed by atoms with E-state index >= 15 is 0 Å². The Morgan fingerprint density at radius 3 is 2.48 bits per heavy atom. The monoisotopic (exact) mass is 654 g/mol. The zero-order valence-electron chi connectivity index (χ0n) is 28.4. The van der Waals surface area contributed by atoms with Gasteiger partial charge in [-0.3, -0.25) is 9.59 Å². The minimum Gasteiger partial charge on any atom is -0.404 e. The second-order valence-corrected chi connectivity index (χ2v) is 16.6. The lowest BCUT2D eigenvalue weighted by molar-refractivity contribution is -0.199. The van der Waals surface area contributed by atoms with Crippen molar-refractivity contribution >= 4 is 28.8 Å². The van der Waals surface area contributed by atoms with Gasteiger partial charge >= 0.3 is 7.12 Å². The molecule has 2 aromatic rings. The van der Waals surface area contributed by atoms with Gasteiger partial charge in [-0.1, -0.05) is 65.3 Å². The number of imidazole rings is 1. The number of benzene rings is 1. The molecule has 2 N–H and O–H groups in total. The van der Waals surface area contributed by atoms with E-state index in [1.807, 2.05) is 12.1 Å². The van der Waals surface area contributed by atoms with Gasteiger partial charge in [-0.25, -0.2) is 18.1 Å². The van der Waals surface area contributed by atoms with Crippen LogP contribution in [0.5, 0.6) is 0 Å². The number of nitrogens with zero attached hydrogens (tertiary/aromatic N) is 2. The summed E-state index contributed by atoms with van der Waals surface area (Å²) in [6.45, 7) is 12.8. The summed E-state index contributed by atoms with van der Waals surface area (Å²) in [6.07, 6.45) is 8.34. The Bertz CT molecular complexity index is 1510. The van der Waals surface area contributed by atoms with E-state index in [1.54, 1.807) is 19.2 Å². The fourth-order valence-electron chi connectivity index (χ4n) is 7.77. The molecule has 1 aromatic carbocycles. The SMILES string of the molecule is CCCCc1ccc(C(=O)C[C@@H](CNS(=O)(=O)c2cn(C)cn2)C(=O)N[C@@H](CC(C)C)B2O[C@@H]3C[C@H]4C[C@H](C4(C)C)[C@]3(C)O2)cc1. The van der Waals surface area contributed by atoms with Gasteiger partial charge in [0.25, 0.3) is 10.0 Å². The van der Waals surface area contributed by atoms with Crippen molar-refractivity contribution in [2.45, 2.75) is 109 Å². The van der Waals surface area contributed by atoms with Crippen LogP contribution in [0.2, 0.25) is 0 Å². The van der Waals surface area contributed by atoms with Gasteiger partial charge in [-0.15, -0.1) is 0 Å². The third kappa shape index (κ3) is 7.15. The number of sulfonamides is 1. The van der Waals surface area contributed by atoms with E-state index < -0.39 is 40.5 Å². The van der Waals surface area contributed by atoms with Crippen LogP contribution in [-0.4, -0.2) is 61.0 Å². The highest BCUT2D eigenvalue weighted by Gasteiger charge is 2.68. The minimum atomic E-state index is -4.00.